The van der Waals surface area contributed by atoms with Crippen LogP contribution in [0.3, 0.4) is 0 Å². The van der Waals surface area contributed by atoms with E-state index in [-0.39, 0.29) is 12.5 Å². The van der Waals surface area contributed by atoms with Crippen molar-refractivity contribution in [3.63, 3.8) is 0 Å². The van der Waals surface area contributed by atoms with Crippen LogP contribution >= 0.6 is 0 Å². The molecule has 0 aromatic heterocycles. The average Bonchev–Trinajstić information content (AvgIpc) is 2.15. The fourth-order valence-electron chi connectivity index (χ4n) is 1.09. The Labute approximate surface area is 90.5 Å². The number of nitrogens with zero attached hydrogens (tertiary/aromatic N) is 1. The summed E-state index contributed by atoms with van der Waals surface area (Å²) in [5.41, 5.74) is 0. The summed E-state index contributed by atoms with van der Waals surface area (Å²) in [6.07, 6.45) is 1.97. The standard InChI is InChI=1S/C10H20N2O3/c1-4-5-6-11-10(15)8(2)12(3)7-9(13)14/h8H,4-7H2,1-3H3,(H,11,15)(H,13,14). The van der Waals surface area contributed by atoms with Crippen molar-refractivity contribution < 1.29 is 14.7 Å². The maximum Gasteiger partial charge on any atom is 0.317 e. The highest BCUT2D eigenvalue weighted by atomic mass is 16.4. The summed E-state index contributed by atoms with van der Waals surface area (Å²) in [5.74, 6) is -1.04. The van der Waals surface area contributed by atoms with Crippen LogP contribution in [0.25, 0.3) is 0 Å². The zero-order valence-electron chi connectivity index (χ0n) is 9.62. The number of carboxylic acid groups (broad SMARTS) is 1. The van der Waals surface area contributed by atoms with Crippen molar-refractivity contribution in [3.8, 4) is 0 Å². The monoisotopic (exact) mass is 216 g/mol. The summed E-state index contributed by atoms with van der Waals surface area (Å²) in [5, 5.41) is 11.3. The van der Waals surface area contributed by atoms with Gasteiger partial charge in [-0.3, -0.25) is 14.5 Å². The highest BCUT2D eigenvalue weighted by molar-refractivity contribution is 5.82. The second-order valence-electron chi connectivity index (χ2n) is 3.63. The quantitative estimate of drug-likeness (QED) is 0.601. The van der Waals surface area contributed by atoms with E-state index in [9.17, 15) is 9.59 Å². The fraction of sp³-hybridized carbons (Fsp3) is 0.800. The number of carboxylic acids is 1. The summed E-state index contributed by atoms with van der Waals surface area (Å²) in [7, 11) is 1.62. The van der Waals surface area contributed by atoms with Gasteiger partial charge in [0, 0.05) is 6.54 Å². The predicted octanol–water partition coefficient (Wildman–Crippen LogP) is 0.308. The van der Waals surface area contributed by atoms with Gasteiger partial charge in [-0.25, -0.2) is 0 Å². The summed E-state index contributed by atoms with van der Waals surface area (Å²) in [6.45, 7) is 4.28. The predicted molar refractivity (Wildman–Crippen MR) is 57.6 cm³/mol. The lowest BCUT2D eigenvalue weighted by atomic mass is 10.2. The van der Waals surface area contributed by atoms with Gasteiger partial charge < -0.3 is 10.4 Å². The molecule has 1 amide bonds. The van der Waals surface area contributed by atoms with Crippen LogP contribution in [-0.2, 0) is 9.59 Å². The van der Waals surface area contributed by atoms with E-state index in [1.165, 1.54) is 4.90 Å². The molecule has 0 aliphatic carbocycles. The molecule has 0 saturated carbocycles. The Morgan fingerprint density at radius 1 is 1.47 bits per heavy atom. The molecule has 0 rings (SSSR count). The first kappa shape index (κ1) is 13.9. The second-order valence-corrected chi connectivity index (χ2v) is 3.63. The lowest BCUT2D eigenvalue weighted by Gasteiger charge is -2.21. The van der Waals surface area contributed by atoms with Crippen LogP contribution in [0.2, 0.25) is 0 Å². The Kier molecular flexibility index (Phi) is 6.70. The van der Waals surface area contributed by atoms with E-state index in [1.54, 1.807) is 14.0 Å². The molecule has 15 heavy (non-hydrogen) atoms. The van der Waals surface area contributed by atoms with Crippen molar-refractivity contribution in [3.05, 3.63) is 0 Å². The summed E-state index contributed by atoms with van der Waals surface area (Å²) in [4.78, 5) is 23.4. The minimum atomic E-state index is -0.925. The Morgan fingerprint density at radius 3 is 2.53 bits per heavy atom. The molecule has 2 N–H and O–H groups in total. The molecule has 0 fully saturated rings. The van der Waals surface area contributed by atoms with E-state index in [0.717, 1.165) is 12.8 Å². The molecule has 0 saturated heterocycles. The largest absolute Gasteiger partial charge is 0.480 e. The molecular formula is C10H20N2O3. The second kappa shape index (κ2) is 7.23. The molecule has 0 aliphatic heterocycles. The maximum atomic E-state index is 11.5. The Hall–Kier alpha value is -1.10. The first-order chi connectivity index (χ1) is 6.99. The fourth-order valence-corrected chi connectivity index (χ4v) is 1.09. The number of amides is 1. The van der Waals surface area contributed by atoms with Crippen molar-refractivity contribution in [2.45, 2.75) is 32.7 Å². The van der Waals surface area contributed by atoms with Gasteiger partial charge in [0.15, 0.2) is 0 Å². The summed E-state index contributed by atoms with van der Waals surface area (Å²) < 4.78 is 0. The SMILES string of the molecule is CCCCNC(=O)C(C)N(C)CC(=O)O. The average molecular weight is 216 g/mol. The number of rotatable bonds is 7. The highest BCUT2D eigenvalue weighted by Crippen LogP contribution is 1.95. The van der Waals surface area contributed by atoms with Crippen LogP contribution in [-0.4, -0.2) is 48.1 Å². The molecule has 0 aromatic rings. The normalized spacial score (nSPS) is 12.5. The van der Waals surface area contributed by atoms with Gasteiger partial charge >= 0.3 is 5.97 Å². The van der Waals surface area contributed by atoms with Crippen LogP contribution in [0.1, 0.15) is 26.7 Å². The minimum absolute atomic E-state index is 0.118. The van der Waals surface area contributed by atoms with Crippen molar-refractivity contribution >= 4 is 11.9 Å². The van der Waals surface area contributed by atoms with E-state index >= 15 is 0 Å². The Morgan fingerprint density at radius 2 is 2.07 bits per heavy atom. The van der Waals surface area contributed by atoms with Gasteiger partial charge in [-0.1, -0.05) is 13.3 Å². The van der Waals surface area contributed by atoms with Gasteiger partial charge in [0.25, 0.3) is 0 Å². The number of hydrogen-bond acceptors (Lipinski definition) is 3. The zero-order valence-corrected chi connectivity index (χ0v) is 9.62. The third-order valence-electron chi connectivity index (χ3n) is 2.25. The minimum Gasteiger partial charge on any atom is -0.480 e. The van der Waals surface area contributed by atoms with E-state index in [1.807, 2.05) is 6.92 Å². The Balaban J connectivity index is 3.90. The molecular weight excluding hydrogens is 196 g/mol. The topological polar surface area (TPSA) is 69.6 Å². The molecule has 0 aromatic carbocycles. The van der Waals surface area contributed by atoms with E-state index in [0.29, 0.717) is 6.54 Å². The maximum absolute atomic E-state index is 11.5. The molecule has 0 heterocycles. The number of likely N-dealkylation sites (N-methyl/N-ethyl adjacent to an activating group) is 1. The van der Waals surface area contributed by atoms with Gasteiger partial charge in [-0.2, -0.15) is 0 Å². The van der Waals surface area contributed by atoms with Crippen LogP contribution in [0.15, 0.2) is 0 Å². The lowest BCUT2D eigenvalue weighted by Crippen LogP contribution is -2.45. The van der Waals surface area contributed by atoms with Crippen LogP contribution < -0.4 is 5.32 Å². The van der Waals surface area contributed by atoms with Crippen LogP contribution in [0, 0.1) is 0 Å². The highest BCUT2D eigenvalue weighted by Gasteiger charge is 2.18. The van der Waals surface area contributed by atoms with Gasteiger partial charge in [-0.05, 0) is 20.4 Å². The van der Waals surface area contributed by atoms with E-state index in [2.05, 4.69) is 5.32 Å². The molecule has 1 unspecified atom stereocenters. The van der Waals surface area contributed by atoms with Gasteiger partial charge in [-0.15, -0.1) is 0 Å². The molecule has 5 heteroatoms. The third-order valence-corrected chi connectivity index (χ3v) is 2.25. The lowest BCUT2D eigenvalue weighted by molar-refractivity contribution is -0.139. The number of unbranched alkanes of at least 4 members (excludes halogenated alkanes) is 1. The number of hydrogen-bond donors (Lipinski definition) is 2. The molecule has 0 radical (unpaired) electrons. The van der Waals surface area contributed by atoms with E-state index < -0.39 is 12.0 Å². The van der Waals surface area contributed by atoms with Crippen LogP contribution in [0.5, 0.6) is 0 Å². The Bertz CT molecular complexity index is 219. The van der Waals surface area contributed by atoms with Gasteiger partial charge in [0.1, 0.15) is 0 Å². The van der Waals surface area contributed by atoms with Gasteiger partial charge in [0.05, 0.1) is 12.6 Å². The van der Waals surface area contributed by atoms with Gasteiger partial charge in [0.2, 0.25) is 5.91 Å². The number of carbonyl (C=O) groups excluding carboxylic acids is 1. The van der Waals surface area contributed by atoms with Crippen LogP contribution in [0.4, 0.5) is 0 Å². The molecule has 1 atom stereocenters. The molecule has 88 valence electrons. The first-order valence-electron chi connectivity index (χ1n) is 5.18. The number of aliphatic carboxylic acids is 1. The van der Waals surface area contributed by atoms with Crippen molar-refractivity contribution in [1.82, 2.24) is 10.2 Å². The van der Waals surface area contributed by atoms with Crippen molar-refractivity contribution in [2.24, 2.45) is 0 Å². The molecule has 0 aliphatic rings. The molecule has 0 bridgehead atoms. The molecule has 5 nitrogen and oxygen atoms in total. The zero-order chi connectivity index (χ0) is 11.8. The number of carbonyl (C=O) groups is 2. The first-order valence-corrected chi connectivity index (χ1v) is 5.18. The number of nitrogens with one attached hydrogen (secondary N) is 1. The summed E-state index contributed by atoms with van der Waals surface area (Å²) in [6, 6.07) is -0.405. The smallest absolute Gasteiger partial charge is 0.317 e. The third kappa shape index (κ3) is 6.06. The van der Waals surface area contributed by atoms with Crippen molar-refractivity contribution in [1.29, 1.82) is 0 Å². The van der Waals surface area contributed by atoms with E-state index in [4.69, 9.17) is 5.11 Å². The summed E-state index contributed by atoms with van der Waals surface area (Å²) >= 11 is 0. The molecule has 0 spiro atoms. The van der Waals surface area contributed by atoms with Crippen molar-refractivity contribution in [2.75, 3.05) is 20.1 Å².